The first-order valence-electron chi connectivity index (χ1n) is 9.76. The van der Waals surface area contributed by atoms with Crippen LogP contribution in [0.1, 0.15) is 24.5 Å². The van der Waals surface area contributed by atoms with E-state index in [-0.39, 0.29) is 24.7 Å². The Balaban J connectivity index is 1.61. The van der Waals surface area contributed by atoms with Crippen molar-refractivity contribution in [2.24, 2.45) is 0 Å². The van der Waals surface area contributed by atoms with E-state index in [4.69, 9.17) is 4.74 Å². The number of halogens is 1. The molecule has 4 heterocycles. The van der Waals surface area contributed by atoms with Crippen molar-refractivity contribution < 1.29 is 14.2 Å². The van der Waals surface area contributed by atoms with Crippen LogP contribution in [-0.2, 0) is 4.74 Å². The van der Waals surface area contributed by atoms with Crippen molar-refractivity contribution >= 4 is 23.7 Å². The van der Waals surface area contributed by atoms with Crippen LogP contribution in [0, 0.1) is 12.7 Å². The van der Waals surface area contributed by atoms with E-state index in [1.54, 1.807) is 0 Å². The third-order valence-electron chi connectivity index (χ3n) is 4.57. The molecule has 1 aliphatic heterocycles. The predicted octanol–water partition coefficient (Wildman–Crippen LogP) is 0.946. The van der Waals surface area contributed by atoms with Crippen molar-refractivity contribution in [2.45, 2.75) is 26.0 Å². The van der Waals surface area contributed by atoms with Crippen LogP contribution < -0.4 is 15.5 Å². The van der Waals surface area contributed by atoms with Gasteiger partial charge in [-0.25, -0.2) is 14.4 Å². The van der Waals surface area contributed by atoms with E-state index in [2.05, 4.69) is 45.8 Å². The zero-order valence-corrected chi connectivity index (χ0v) is 17.1. The van der Waals surface area contributed by atoms with Crippen LogP contribution in [0.2, 0.25) is 0 Å². The first kappa shape index (κ1) is 20.8. The molecule has 0 bridgehead atoms. The van der Waals surface area contributed by atoms with Crippen LogP contribution in [0.15, 0.2) is 18.5 Å². The van der Waals surface area contributed by atoms with Gasteiger partial charge in [-0.05, 0) is 13.8 Å². The monoisotopic (exact) mass is 430 g/mol. The highest BCUT2D eigenvalue weighted by atomic mass is 19.1. The number of morpholine rings is 1. The smallest absolute Gasteiger partial charge is 0.235 e. The molecule has 12 nitrogen and oxygen atoms in total. The maximum atomic E-state index is 13.1. The molecular weight excluding hydrogens is 407 g/mol. The average Bonchev–Trinajstić information content (AvgIpc) is 3.18. The van der Waals surface area contributed by atoms with Crippen LogP contribution in [0.25, 0.3) is 0 Å². The van der Waals surface area contributed by atoms with Gasteiger partial charge in [0.2, 0.25) is 17.8 Å². The van der Waals surface area contributed by atoms with Gasteiger partial charge in [0.05, 0.1) is 37.8 Å². The first-order valence-corrected chi connectivity index (χ1v) is 9.76. The number of rotatable bonds is 7. The summed E-state index contributed by atoms with van der Waals surface area (Å²) in [7, 11) is 0. The van der Waals surface area contributed by atoms with Gasteiger partial charge >= 0.3 is 0 Å². The minimum absolute atomic E-state index is 0.0940. The number of nitrogens with zero attached hydrogens (tertiary/aromatic N) is 7. The normalized spacial score (nSPS) is 17.4. The van der Waals surface area contributed by atoms with Gasteiger partial charge in [-0.3, -0.25) is 5.10 Å². The molecule has 1 unspecified atom stereocenters. The van der Waals surface area contributed by atoms with Gasteiger partial charge < -0.3 is 25.4 Å². The number of aryl methyl sites for hydroxylation is 1. The molecule has 1 saturated heterocycles. The Morgan fingerprint density at radius 1 is 1.29 bits per heavy atom. The number of anilines is 4. The van der Waals surface area contributed by atoms with Gasteiger partial charge in [0, 0.05) is 24.8 Å². The quantitative estimate of drug-likeness (QED) is 0.424. The predicted molar refractivity (Wildman–Crippen MR) is 110 cm³/mol. The van der Waals surface area contributed by atoms with Crippen LogP contribution in [-0.4, -0.2) is 72.6 Å². The molecule has 1 aliphatic rings. The van der Waals surface area contributed by atoms with Crippen LogP contribution in [0.5, 0.6) is 0 Å². The van der Waals surface area contributed by atoms with E-state index in [0.717, 1.165) is 18.1 Å². The fourth-order valence-corrected chi connectivity index (χ4v) is 3.04. The van der Waals surface area contributed by atoms with Crippen molar-refractivity contribution in [1.82, 2.24) is 35.1 Å². The Morgan fingerprint density at radius 3 is 2.77 bits per heavy atom. The maximum absolute atomic E-state index is 13.1. The Bertz CT molecular complexity index is 1010. The van der Waals surface area contributed by atoms with Gasteiger partial charge in [-0.2, -0.15) is 20.1 Å². The number of aliphatic hydroxyl groups excluding tert-OH is 1. The zero-order chi connectivity index (χ0) is 21.8. The van der Waals surface area contributed by atoms with E-state index in [1.807, 2.05) is 24.8 Å². The molecule has 4 N–H and O–H groups in total. The number of hydrogen-bond donors (Lipinski definition) is 4. The largest absolute Gasteiger partial charge is 0.394 e. The second-order valence-corrected chi connectivity index (χ2v) is 7.09. The number of aromatic amines is 1. The number of aliphatic hydroxyl groups is 1. The fourth-order valence-electron chi connectivity index (χ4n) is 3.04. The van der Waals surface area contributed by atoms with Crippen molar-refractivity contribution in [3.8, 4) is 0 Å². The summed E-state index contributed by atoms with van der Waals surface area (Å²) in [6.45, 7) is 5.06. The van der Waals surface area contributed by atoms with Gasteiger partial charge in [-0.15, -0.1) is 0 Å². The lowest BCUT2D eigenvalue weighted by molar-refractivity contribution is 0.00314. The van der Waals surface area contributed by atoms with E-state index in [0.29, 0.717) is 43.2 Å². The van der Waals surface area contributed by atoms with Gasteiger partial charge in [0.25, 0.3) is 0 Å². The molecule has 2 atom stereocenters. The van der Waals surface area contributed by atoms with E-state index in [1.165, 1.54) is 0 Å². The SMILES string of the molecule is Cc1cc(Nc2nc(N[C@@H](C)c3ncc(F)cn3)nc(N3CCOC(CO)C3)n2)n[nH]1. The minimum Gasteiger partial charge on any atom is -0.394 e. The zero-order valence-electron chi connectivity index (χ0n) is 17.1. The molecular formula is C18H23FN10O2. The highest BCUT2D eigenvalue weighted by Gasteiger charge is 2.23. The summed E-state index contributed by atoms with van der Waals surface area (Å²) in [6, 6.07) is 1.44. The Hall–Kier alpha value is -3.45. The summed E-state index contributed by atoms with van der Waals surface area (Å²) >= 11 is 0. The molecule has 4 rings (SSSR count). The Labute approximate surface area is 177 Å². The van der Waals surface area contributed by atoms with Gasteiger partial charge in [-0.1, -0.05) is 0 Å². The average molecular weight is 430 g/mol. The van der Waals surface area contributed by atoms with Crippen LogP contribution in [0.4, 0.5) is 28.1 Å². The topological polar surface area (TPSA) is 150 Å². The summed E-state index contributed by atoms with van der Waals surface area (Å²) < 4.78 is 18.6. The minimum atomic E-state index is -0.509. The van der Waals surface area contributed by atoms with Gasteiger partial charge in [0.1, 0.15) is 5.82 Å². The number of aromatic nitrogens is 7. The molecule has 13 heteroatoms. The summed E-state index contributed by atoms with van der Waals surface area (Å²) in [4.78, 5) is 23.3. The van der Waals surface area contributed by atoms with Crippen molar-refractivity contribution in [3.63, 3.8) is 0 Å². The Morgan fingerprint density at radius 2 is 2.06 bits per heavy atom. The second kappa shape index (κ2) is 9.14. The Kier molecular flexibility index (Phi) is 6.13. The van der Waals surface area contributed by atoms with Crippen LogP contribution in [0.3, 0.4) is 0 Å². The summed E-state index contributed by atoms with van der Waals surface area (Å²) in [5.74, 6) is 1.44. The van der Waals surface area contributed by atoms with Crippen molar-refractivity contribution in [2.75, 3.05) is 41.8 Å². The molecule has 31 heavy (non-hydrogen) atoms. The van der Waals surface area contributed by atoms with E-state index >= 15 is 0 Å². The fraction of sp³-hybridized carbons (Fsp3) is 0.444. The first-order chi connectivity index (χ1) is 15.0. The molecule has 0 spiro atoms. The van der Waals surface area contributed by atoms with Gasteiger partial charge in [0.15, 0.2) is 11.6 Å². The molecule has 0 radical (unpaired) electrons. The molecule has 1 fully saturated rings. The highest BCUT2D eigenvalue weighted by molar-refractivity contribution is 5.52. The lowest BCUT2D eigenvalue weighted by Crippen LogP contribution is -2.45. The molecule has 0 saturated carbocycles. The second-order valence-electron chi connectivity index (χ2n) is 7.09. The third kappa shape index (κ3) is 5.19. The number of nitrogens with one attached hydrogen (secondary N) is 3. The molecule has 3 aromatic rings. The maximum Gasteiger partial charge on any atom is 0.235 e. The number of hydrogen-bond acceptors (Lipinski definition) is 11. The molecule has 0 amide bonds. The lowest BCUT2D eigenvalue weighted by atomic mass is 10.3. The molecule has 0 aromatic carbocycles. The number of ether oxygens (including phenoxy) is 1. The van der Waals surface area contributed by atoms with E-state index in [9.17, 15) is 9.50 Å². The highest BCUT2D eigenvalue weighted by Crippen LogP contribution is 2.21. The van der Waals surface area contributed by atoms with Crippen LogP contribution >= 0.6 is 0 Å². The number of H-pyrrole nitrogens is 1. The van der Waals surface area contributed by atoms with Crippen molar-refractivity contribution in [3.05, 3.63) is 35.8 Å². The third-order valence-corrected chi connectivity index (χ3v) is 4.57. The lowest BCUT2D eigenvalue weighted by Gasteiger charge is -2.32. The van der Waals surface area contributed by atoms with E-state index < -0.39 is 5.82 Å². The van der Waals surface area contributed by atoms with Crippen molar-refractivity contribution in [1.29, 1.82) is 0 Å². The summed E-state index contributed by atoms with van der Waals surface area (Å²) in [5, 5.41) is 22.6. The molecule has 3 aromatic heterocycles. The summed E-state index contributed by atoms with van der Waals surface area (Å²) in [6.07, 6.45) is 1.89. The standard InChI is InChI=1S/C18H23FN10O2/c1-10-5-14(28-27-10)23-17-24-16(22-11(2)15-20-6-12(19)7-21-15)25-18(26-17)29-3-4-31-13(8-29)9-30/h5-7,11,13,30H,3-4,8-9H2,1-2H3,(H3,22,23,24,25,26,27,28)/t11-,13?/m0/s1. The molecule has 164 valence electrons. The molecule has 0 aliphatic carbocycles. The summed E-state index contributed by atoms with van der Waals surface area (Å²) in [5.41, 5.74) is 0.885.